The molecule has 2 N–H and O–H groups in total. The van der Waals surface area contributed by atoms with Crippen LogP contribution in [0, 0.1) is 0 Å². The molecular weight excluding hydrogens is 264 g/mol. The summed E-state index contributed by atoms with van der Waals surface area (Å²) in [6.07, 6.45) is 20.3. The lowest BCUT2D eigenvalue weighted by atomic mass is 10.1. The van der Waals surface area contributed by atoms with E-state index in [9.17, 15) is 0 Å². The van der Waals surface area contributed by atoms with E-state index in [0.29, 0.717) is 6.61 Å². The van der Waals surface area contributed by atoms with Crippen LogP contribution in [0.3, 0.4) is 0 Å². The molecule has 0 saturated carbocycles. The number of hydrogen-bond acceptors (Lipinski definition) is 2. The van der Waals surface area contributed by atoms with Crippen molar-refractivity contribution in [1.82, 2.24) is 0 Å². The first-order valence-electron chi connectivity index (χ1n) is 8.60. The van der Waals surface area contributed by atoms with Crippen molar-refractivity contribution in [2.24, 2.45) is 0 Å². The molecule has 0 aliphatic rings. The van der Waals surface area contributed by atoms with Crippen LogP contribution >= 0.6 is 0 Å². The molecule has 0 bridgehead atoms. The van der Waals surface area contributed by atoms with Crippen LogP contribution in [0.1, 0.15) is 90.9 Å². The Bertz CT molecular complexity index is 221. The van der Waals surface area contributed by atoms with Gasteiger partial charge in [-0.25, -0.2) is 0 Å². The van der Waals surface area contributed by atoms with Crippen molar-refractivity contribution in [2.75, 3.05) is 6.61 Å². The van der Waals surface area contributed by atoms with Crippen molar-refractivity contribution < 1.29 is 15.0 Å². The van der Waals surface area contributed by atoms with Gasteiger partial charge in [-0.15, -0.1) is 0 Å². The second kappa shape index (κ2) is 21.5. The Hall–Kier alpha value is -0.830. The highest BCUT2D eigenvalue weighted by Gasteiger charge is 1.91. The predicted octanol–water partition coefficient (Wildman–Crippen LogP) is 5.33. The highest BCUT2D eigenvalue weighted by Crippen LogP contribution is 2.10. The van der Waals surface area contributed by atoms with E-state index in [1.54, 1.807) is 0 Å². The number of rotatable bonds is 13. The van der Waals surface area contributed by atoms with Gasteiger partial charge in [0.2, 0.25) is 0 Å². The first-order chi connectivity index (χ1) is 10.1. The van der Waals surface area contributed by atoms with Gasteiger partial charge in [0.05, 0.1) is 0 Å². The summed E-state index contributed by atoms with van der Waals surface area (Å²) in [4.78, 5) is 9.00. The van der Waals surface area contributed by atoms with Crippen LogP contribution in [0.25, 0.3) is 0 Å². The molecule has 0 amide bonds. The average Bonchev–Trinajstić information content (AvgIpc) is 2.43. The van der Waals surface area contributed by atoms with E-state index in [4.69, 9.17) is 15.0 Å². The lowest BCUT2D eigenvalue weighted by Gasteiger charge is -2.00. The number of aliphatic carboxylic acids is 1. The van der Waals surface area contributed by atoms with Crippen molar-refractivity contribution in [3.05, 3.63) is 12.2 Å². The highest BCUT2D eigenvalue weighted by molar-refractivity contribution is 5.62. The van der Waals surface area contributed by atoms with Gasteiger partial charge in [0.15, 0.2) is 0 Å². The number of carboxylic acids is 1. The fourth-order valence-corrected chi connectivity index (χ4v) is 1.99. The molecule has 0 heterocycles. The van der Waals surface area contributed by atoms with Gasteiger partial charge >= 0.3 is 0 Å². The Kier molecular flexibility index (Phi) is 23.0. The summed E-state index contributed by atoms with van der Waals surface area (Å²) in [6.45, 7) is 3.69. The number of carboxylic acid groups (broad SMARTS) is 1. The highest BCUT2D eigenvalue weighted by atomic mass is 16.4. The maximum Gasteiger partial charge on any atom is 0.300 e. The van der Waals surface area contributed by atoms with E-state index >= 15 is 0 Å². The summed E-state index contributed by atoms with van der Waals surface area (Å²) in [5.74, 6) is -0.833. The molecule has 0 saturated heterocycles. The third-order valence-corrected chi connectivity index (χ3v) is 3.17. The van der Waals surface area contributed by atoms with Crippen LogP contribution in [0.2, 0.25) is 0 Å². The maximum absolute atomic E-state index is 9.00. The van der Waals surface area contributed by atoms with Gasteiger partial charge in [-0.1, -0.05) is 70.4 Å². The molecular formula is C18H36O3. The minimum absolute atomic E-state index is 0.365. The molecule has 0 spiro atoms. The number of aliphatic hydroxyl groups excluding tert-OH is 1. The second-order valence-corrected chi connectivity index (χ2v) is 5.47. The molecule has 3 nitrogen and oxygen atoms in total. The van der Waals surface area contributed by atoms with Crippen molar-refractivity contribution in [2.45, 2.75) is 90.9 Å². The van der Waals surface area contributed by atoms with Gasteiger partial charge in [0, 0.05) is 13.5 Å². The number of hydrogen-bond donors (Lipinski definition) is 2. The third kappa shape index (κ3) is 32.6. The minimum Gasteiger partial charge on any atom is -0.481 e. The molecule has 0 aromatic carbocycles. The SMILES string of the molecule is CC(=O)O.CCCC/C=C\CCCCCCCCCCO. The molecule has 3 heteroatoms. The van der Waals surface area contributed by atoms with Crippen LogP contribution in [0.4, 0.5) is 0 Å². The quantitative estimate of drug-likeness (QED) is 0.357. The van der Waals surface area contributed by atoms with E-state index in [1.165, 1.54) is 70.6 Å². The van der Waals surface area contributed by atoms with Crippen LogP contribution in [0.15, 0.2) is 12.2 Å². The molecule has 126 valence electrons. The molecule has 0 radical (unpaired) electrons. The number of aliphatic hydroxyl groups is 1. The average molecular weight is 300 g/mol. The Morgan fingerprint density at radius 3 is 1.62 bits per heavy atom. The zero-order valence-corrected chi connectivity index (χ0v) is 14.1. The fourth-order valence-electron chi connectivity index (χ4n) is 1.99. The van der Waals surface area contributed by atoms with Crippen LogP contribution in [0.5, 0.6) is 0 Å². The van der Waals surface area contributed by atoms with Crippen LogP contribution in [-0.4, -0.2) is 22.8 Å². The molecule has 0 aromatic heterocycles. The van der Waals surface area contributed by atoms with Gasteiger partial charge in [-0.05, 0) is 25.7 Å². The van der Waals surface area contributed by atoms with Gasteiger partial charge in [-0.3, -0.25) is 4.79 Å². The fraction of sp³-hybridized carbons (Fsp3) is 0.833. The smallest absolute Gasteiger partial charge is 0.300 e. The molecule has 0 aliphatic heterocycles. The molecule has 0 aromatic rings. The Morgan fingerprint density at radius 1 is 0.810 bits per heavy atom. The lowest BCUT2D eigenvalue weighted by molar-refractivity contribution is -0.134. The number of carbonyl (C=O) groups is 1. The second-order valence-electron chi connectivity index (χ2n) is 5.47. The van der Waals surface area contributed by atoms with Crippen molar-refractivity contribution in [3.8, 4) is 0 Å². The number of allylic oxidation sites excluding steroid dienone is 2. The van der Waals surface area contributed by atoms with Crippen molar-refractivity contribution in [3.63, 3.8) is 0 Å². The lowest BCUT2D eigenvalue weighted by Crippen LogP contribution is -1.84. The topological polar surface area (TPSA) is 57.5 Å². The van der Waals surface area contributed by atoms with Crippen LogP contribution < -0.4 is 0 Å². The normalized spacial score (nSPS) is 10.4. The maximum atomic E-state index is 9.00. The molecule has 21 heavy (non-hydrogen) atoms. The van der Waals surface area contributed by atoms with Gasteiger partial charge in [0.1, 0.15) is 0 Å². The van der Waals surface area contributed by atoms with Crippen molar-refractivity contribution in [1.29, 1.82) is 0 Å². The van der Waals surface area contributed by atoms with E-state index in [1.807, 2.05) is 0 Å². The largest absolute Gasteiger partial charge is 0.481 e. The third-order valence-electron chi connectivity index (χ3n) is 3.17. The van der Waals surface area contributed by atoms with E-state index in [2.05, 4.69) is 19.1 Å². The molecule has 0 unspecified atom stereocenters. The molecule has 0 aliphatic carbocycles. The summed E-state index contributed by atoms with van der Waals surface area (Å²) in [7, 11) is 0. The van der Waals surface area contributed by atoms with E-state index in [-0.39, 0.29) is 0 Å². The predicted molar refractivity (Wildman–Crippen MR) is 90.6 cm³/mol. The first kappa shape index (κ1) is 22.5. The Balaban J connectivity index is 0. The monoisotopic (exact) mass is 300 g/mol. The number of unbranched alkanes of at least 4 members (excludes halogenated alkanes) is 10. The summed E-state index contributed by atoms with van der Waals surface area (Å²) >= 11 is 0. The zero-order valence-electron chi connectivity index (χ0n) is 14.1. The standard InChI is InChI=1S/C16H32O.C2H4O2/c1-2-3-4-5-6-7-8-9-10-11-12-13-14-15-16-17;1-2(3)4/h5-6,17H,2-4,7-16H2,1H3;1H3,(H,3,4)/b6-5-;. The summed E-state index contributed by atoms with van der Waals surface area (Å²) < 4.78 is 0. The van der Waals surface area contributed by atoms with Gasteiger partial charge in [-0.2, -0.15) is 0 Å². The Labute approximate surface area is 131 Å². The first-order valence-corrected chi connectivity index (χ1v) is 8.60. The molecule has 0 fully saturated rings. The molecule has 0 rings (SSSR count). The summed E-state index contributed by atoms with van der Waals surface area (Å²) in [6, 6.07) is 0. The van der Waals surface area contributed by atoms with E-state index < -0.39 is 5.97 Å². The van der Waals surface area contributed by atoms with Gasteiger partial charge in [0.25, 0.3) is 5.97 Å². The van der Waals surface area contributed by atoms with E-state index in [0.717, 1.165) is 13.3 Å². The summed E-state index contributed by atoms with van der Waals surface area (Å²) in [5.41, 5.74) is 0. The zero-order chi connectivity index (χ0) is 16.2. The summed E-state index contributed by atoms with van der Waals surface area (Å²) in [5, 5.41) is 16.1. The minimum atomic E-state index is -0.833. The van der Waals surface area contributed by atoms with Crippen molar-refractivity contribution >= 4 is 5.97 Å². The molecule has 0 atom stereocenters. The van der Waals surface area contributed by atoms with Gasteiger partial charge < -0.3 is 10.2 Å². The van der Waals surface area contributed by atoms with Crippen LogP contribution in [-0.2, 0) is 4.79 Å². The Morgan fingerprint density at radius 2 is 1.19 bits per heavy atom.